The van der Waals surface area contributed by atoms with Gasteiger partial charge in [-0.2, -0.15) is 0 Å². The van der Waals surface area contributed by atoms with E-state index in [1.54, 1.807) is 11.9 Å². The largest absolute Gasteiger partial charge is 0.372 e. The van der Waals surface area contributed by atoms with Crippen LogP contribution in [0.15, 0.2) is 46.1 Å². The number of piperidine rings is 1. The Morgan fingerprint density at radius 2 is 1.84 bits per heavy atom. The van der Waals surface area contributed by atoms with Gasteiger partial charge in [0.1, 0.15) is 5.65 Å². The van der Waals surface area contributed by atoms with E-state index in [4.69, 9.17) is 0 Å². The number of hydrogen-bond acceptors (Lipinski definition) is 5. The highest BCUT2D eigenvalue weighted by atomic mass is 16.2. The van der Waals surface area contributed by atoms with Crippen LogP contribution in [0.5, 0.6) is 0 Å². The zero-order valence-electron chi connectivity index (χ0n) is 18.2. The maximum absolute atomic E-state index is 13.0. The van der Waals surface area contributed by atoms with Crippen LogP contribution in [0.2, 0.25) is 0 Å². The van der Waals surface area contributed by atoms with Crippen LogP contribution < -0.4 is 16.1 Å². The summed E-state index contributed by atoms with van der Waals surface area (Å²) in [6.07, 6.45) is 7.01. The molecule has 32 heavy (non-hydrogen) atoms. The molecule has 1 N–H and O–H groups in total. The van der Waals surface area contributed by atoms with Crippen LogP contribution in [0.3, 0.4) is 0 Å². The van der Waals surface area contributed by atoms with E-state index in [-0.39, 0.29) is 17.3 Å². The minimum atomic E-state index is -0.514. The first kappa shape index (κ1) is 20.5. The number of benzene rings is 1. The average Bonchev–Trinajstić information content (AvgIpc) is 3.64. The van der Waals surface area contributed by atoms with Crippen LogP contribution in [-0.2, 0) is 6.54 Å². The molecule has 5 rings (SSSR count). The smallest absolute Gasteiger partial charge is 0.330 e. The van der Waals surface area contributed by atoms with Crippen LogP contribution >= 0.6 is 0 Å². The van der Waals surface area contributed by atoms with Gasteiger partial charge in [-0.25, -0.2) is 9.78 Å². The van der Waals surface area contributed by atoms with Gasteiger partial charge in [-0.15, -0.1) is 0 Å². The van der Waals surface area contributed by atoms with Crippen LogP contribution in [0.1, 0.15) is 54.1 Å². The van der Waals surface area contributed by atoms with E-state index < -0.39 is 11.2 Å². The molecule has 1 amide bonds. The molecule has 8 nitrogen and oxygen atoms in total. The van der Waals surface area contributed by atoms with Crippen molar-refractivity contribution in [1.29, 1.82) is 0 Å². The molecule has 1 aliphatic carbocycles. The van der Waals surface area contributed by atoms with E-state index in [9.17, 15) is 14.4 Å². The summed E-state index contributed by atoms with van der Waals surface area (Å²) in [5.74, 6) is -0.219. The molecule has 0 atom stereocenters. The van der Waals surface area contributed by atoms with Crippen molar-refractivity contribution in [2.45, 2.75) is 44.7 Å². The first-order valence-electron chi connectivity index (χ1n) is 11.3. The number of fused-ring (bicyclic) bond motifs is 1. The quantitative estimate of drug-likeness (QED) is 0.668. The number of H-pyrrole nitrogens is 1. The molecule has 3 aromatic rings. The Hall–Kier alpha value is -3.42. The summed E-state index contributed by atoms with van der Waals surface area (Å²) in [5.41, 5.74) is 1.98. The second-order valence-electron chi connectivity index (χ2n) is 8.83. The lowest BCUT2D eigenvalue weighted by Gasteiger charge is -2.29. The molecule has 0 radical (unpaired) electrons. The van der Waals surface area contributed by atoms with E-state index in [0.717, 1.165) is 31.5 Å². The lowest BCUT2D eigenvalue weighted by molar-refractivity contribution is 0.0785. The summed E-state index contributed by atoms with van der Waals surface area (Å²) in [6.45, 7) is 2.65. The van der Waals surface area contributed by atoms with Crippen molar-refractivity contribution in [1.82, 2.24) is 19.4 Å². The molecule has 1 saturated heterocycles. The normalized spacial score (nSPS) is 16.3. The summed E-state index contributed by atoms with van der Waals surface area (Å²) in [6, 6.07) is 9.97. The van der Waals surface area contributed by atoms with E-state index >= 15 is 0 Å². The molecule has 1 saturated carbocycles. The van der Waals surface area contributed by atoms with E-state index in [1.807, 2.05) is 0 Å². The molecule has 8 heteroatoms. The second-order valence-corrected chi connectivity index (χ2v) is 8.83. The minimum Gasteiger partial charge on any atom is -0.372 e. The predicted molar refractivity (Wildman–Crippen MR) is 123 cm³/mol. The Morgan fingerprint density at radius 1 is 1.12 bits per heavy atom. The Kier molecular flexibility index (Phi) is 5.28. The van der Waals surface area contributed by atoms with Crippen molar-refractivity contribution in [2.24, 2.45) is 0 Å². The molecule has 0 unspecified atom stereocenters. The Morgan fingerprint density at radius 3 is 2.53 bits per heavy atom. The number of nitrogens with one attached hydrogen (secondary N) is 1. The fraction of sp³-hybridized carbons (Fsp3) is 0.417. The van der Waals surface area contributed by atoms with Crippen molar-refractivity contribution in [3.05, 3.63) is 68.5 Å². The molecule has 2 fully saturated rings. The highest BCUT2D eigenvalue weighted by Gasteiger charge is 2.28. The Balaban J connectivity index is 1.34. The lowest BCUT2D eigenvalue weighted by atomic mass is 10.1. The van der Waals surface area contributed by atoms with Crippen molar-refractivity contribution in [3.8, 4) is 0 Å². The monoisotopic (exact) mass is 433 g/mol. The molecule has 3 heterocycles. The molecule has 0 spiro atoms. The maximum atomic E-state index is 13.0. The van der Waals surface area contributed by atoms with Gasteiger partial charge in [-0.3, -0.25) is 19.1 Å². The molecule has 2 aromatic heterocycles. The third-order valence-electron chi connectivity index (χ3n) is 6.36. The fourth-order valence-electron chi connectivity index (χ4n) is 4.46. The van der Waals surface area contributed by atoms with Crippen molar-refractivity contribution < 1.29 is 4.79 Å². The van der Waals surface area contributed by atoms with E-state index in [2.05, 4.69) is 39.1 Å². The molecule has 2 aliphatic rings. The zero-order valence-corrected chi connectivity index (χ0v) is 18.2. The number of pyridine rings is 1. The number of anilines is 1. The van der Waals surface area contributed by atoms with Crippen molar-refractivity contribution >= 4 is 22.6 Å². The number of aromatic nitrogens is 3. The molecule has 1 aliphatic heterocycles. The van der Waals surface area contributed by atoms with E-state index in [1.165, 1.54) is 41.8 Å². The third-order valence-corrected chi connectivity index (χ3v) is 6.36. The first-order chi connectivity index (χ1) is 15.5. The van der Waals surface area contributed by atoms with Gasteiger partial charge < -0.3 is 9.80 Å². The minimum absolute atomic E-state index is 0.0754. The summed E-state index contributed by atoms with van der Waals surface area (Å²) in [5, 5.41) is 0.265. The maximum Gasteiger partial charge on any atom is 0.330 e. The number of amides is 1. The molecular formula is C24H27N5O3. The molecule has 166 valence electrons. The van der Waals surface area contributed by atoms with E-state index in [0.29, 0.717) is 17.8 Å². The van der Waals surface area contributed by atoms with Crippen LogP contribution in [0.25, 0.3) is 11.0 Å². The van der Waals surface area contributed by atoms with Gasteiger partial charge >= 0.3 is 5.69 Å². The van der Waals surface area contributed by atoms with Crippen LogP contribution in [-0.4, -0.2) is 45.5 Å². The summed E-state index contributed by atoms with van der Waals surface area (Å²) in [7, 11) is 1.74. The second kappa shape index (κ2) is 8.26. The van der Waals surface area contributed by atoms with Gasteiger partial charge in [0.15, 0.2) is 0 Å². The number of rotatable bonds is 5. The Labute approximate surface area is 185 Å². The average molecular weight is 434 g/mol. The number of hydrogen-bond donors (Lipinski definition) is 1. The van der Waals surface area contributed by atoms with Gasteiger partial charge in [-0.05, 0) is 55.9 Å². The predicted octanol–water partition coefficient (Wildman–Crippen LogP) is 2.68. The van der Waals surface area contributed by atoms with Gasteiger partial charge in [0.05, 0.1) is 10.9 Å². The topological polar surface area (TPSA) is 91.3 Å². The highest BCUT2D eigenvalue weighted by molar-refractivity contribution is 5.96. The Bertz CT molecular complexity index is 1270. The van der Waals surface area contributed by atoms with Crippen LogP contribution in [0, 0.1) is 0 Å². The third kappa shape index (κ3) is 3.92. The van der Waals surface area contributed by atoms with Crippen LogP contribution in [0.4, 0.5) is 5.69 Å². The number of aromatic amines is 1. The van der Waals surface area contributed by atoms with Crippen molar-refractivity contribution in [3.63, 3.8) is 0 Å². The number of carbonyl (C=O) groups excluding carboxylic acids is 1. The lowest BCUT2D eigenvalue weighted by Crippen LogP contribution is -2.31. The first-order valence-corrected chi connectivity index (χ1v) is 11.3. The number of carbonyl (C=O) groups is 1. The zero-order chi connectivity index (χ0) is 22.2. The molecular weight excluding hydrogens is 406 g/mol. The van der Waals surface area contributed by atoms with Gasteiger partial charge in [0.25, 0.3) is 11.5 Å². The standard InChI is InChI=1S/C24H27N5O3/c1-27(15-16-5-7-18(8-6-16)28-11-3-2-4-12-28)23(31)17-13-20-21(25-14-17)29(19-9-10-19)24(32)26-22(20)30/h5-8,13-14,19H,2-4,9-12,15H2,1H3,(H,26,30,32). The summed E-state index contributed by atoms with van der Waals surface area (Å²) >= 11 is 0. The summed E-state index contributed by atoms with van der Waals surface area (Å²) in [4.78, 5) is 48.2. The number of nitrogens with zero attached hydrogens (tertiary/aromatic N) is 4. The summed E-state index contributed by atoms with van der Waals surface area (Å²) < 4.78 is 1.53. The molecule has 0 bridgehead atoms. The van der Waals surface area contributed by atoms with Crippen molar-refractivity contribution in [2.75, 3.05) is 25.0 Å². The molecule has 1 aromatic carbocycles. The van der Waals surface area contributed by atoms with Gasteiger partial charge in [0.2, 0.25) is 0 Å². The van der Waals surface area contributed by atoms with Gasteiger partial charge in [0, 0.05) is 44.6 Å². The van der Waals surface area contributed by atoms with Gasteiger partial charge in [-0.1, -0.05) is 12.1 Å². The fourth-order valence-corrected chi connectivity index (χ4v) is 4.46. The highest BCUT2D eigenvalue weighted by Crippen LogP contribution is 2.34. The SMILES string of the molecule is CN(Cc1ccc(N2CCCCC2)cc1)C(=O)c1cnc2c(c1)c(=O)[nH]c(=O)n2C1CC1.